The van der Waals surface area contributed by atoms with Gasteiger partial charge in [0.25, 0.3) is 0 Å². The quantitative estimate of drug-likeness (QED) is 0.559. The zero-order chi connectivity index (χ0) is 10.2. The Morgan fingerprint density at radius 3 is 3.07 bits per heavy atom. The lowest BCUT2D eigenvalue weighted by Crippen LogP contribution is -2.35. The molecule has 0 unspecified atom stereocenters. The fourth-order valence-corrected chi connectivity index (χ4v) is 1.05. The highest BCUT2D eigenvalue weighted by molar-refractivity contribution is 7.80. The Kier molecular flexibility index (Phi) is 4.92. The molecule has 78 valence electrons. The summed E-state index contributed by atoms with van der Waals surface area (Å²) >= 11 is 5.03. The minimum atomic E-state index is 0.495. The average Bonchev–Trinajstić information content (AvgIpc) is 2.68. The maximum Gasteiger partial charge on any atom is 0.213 e. The van der Waals surface area contributed by atoms with E-state index in [1.54, 1.807) is 0 Å². The van der Waals surface area contributed by atoms with Crippen LogP contribution in [0.15, 0.2) is 10.9 Å². The largest absolute Gasteiger partial charge is 0.363 e. The Morgan fingerprint density at radius 1 is 1.57 bits per heavy atom. The molecule has 5 nitrogen and oxygen atoms in total. The van der Waals surface area contributed by atoms with Gasteiger partial charge in [-0.15, -0.1) is 0 Å². The van der Waals surface area contributed by atoms with E-state index in [0.717, 1.165) is 19.4 Å². The van der Waals surface area contributed by atoms with Crippen molar-refractivity contribution < 1.29 is 4.52 Å². The van der Waals surface area contributed by atoms with Gasteiger partial charge < -0.3 is 15.2 Å². The zero-order valence-electron chi connectivity index (χ0n) is 8.12. The molecule has 1 aromatic rings. The van der Waals surface area contributed by atoms with Gasteiger partial charge in [0.05, 0.1) is 6.54 Å². The minimum Gasteiger partial charge on any atom is -0.363 e. The fourth-order valence-electron chi connectivity index (χ4n) is 0.871. The van der Waals surface area contributed by atoms with E-state index >= 15 is 0 Å². The van der Waals surface area contributed by atoms with Gasteiger partial charge >= 0.3 is 0 Å². The van der Waals surface area contributed by atoms with Gasteiger partial charge in [0.1, 0.15) is 0 Å². The molecule has 0 bridgehead atoms. The first kappa shape index (κ1) is 10.9. The normalized spacial score (nSPS) is 9.79. The van der Waals surface area contributed by atoms with Crippen LogP contribution >= 0.6 is 12.2 Å². The Hall–Kier alpha value is -1.17. The number of rotatable bonds is 5. The topological polar surface area (TPSA) is 63.0 Å². The van der Waals surface area contributed by atoms with Crippen LogP contribution in [0, 0.1) is 0 Å². The number of nitrogens with one attached hydrogen (secondary N) is 2. The summed E-state index contributed by atoms with van der Waals surface area (Å²) in [4.78, 5) is 3.86. The number of hydrogen-bond donors (Lipinski definition) is 2. The standard InChI is InChI=1S/C8H14N4OS/c1-2-3-4-9-8(14)10-5-7-11-6-13-12-7/h6H,2-5H2,1H3,(H2,9,10,14). The van der Waals surface area contributed by atoms with E-state index in [4.69, 9.17) is 12.2 Å². The van der Waals surface area contributed by atoms with E-state index in [-0.39, 0.29) is 0 Å². The molecule has 0 spiro atoms. The fraction of sp³-hybridized carbons (Fsp3) is 0.625. The second kappa shape index (κ2) is 6.31. The lowest BCUT2D eigenvalue weighted by Gasteiger charge is -2.07. The smallest absolute Gasteiger partial charge is 0.213 e. The van der Waals surface area contributed by atoms with Crippen molar-refractivity contribution in [3.63, 3.8) is 0 Å². The van der Waals surface area contributed by atoms with Crippen LogP contribution in [0.1, 0.15) is 25.6 Å². The number of hydrogen-bond acceptors (Lipinski definition) is 4. The average molecular weight is 214 g/mol. The molecule has 6 heteroatoms. The van der Waals surface area contributed by atoms with Crippen LogP contribution in [0.2, 0.25) is 0 Å². The third-order valence-electron chi connectivity index (χ3n) is 1.63. The monoisotopic (exact) mass is 214 g/mol. The van der Waals surface area contributed by atoms with Crippen LogP contribution in [-0.4, -0.2) is 21.8 Å². The van der Waals surface area contributed by atoms with Gasteiger partial charge in [-0.25, -0.2) is 0 Å². The zero-order valence-corrected chi connectivity index (χ0v) is 8.93. The van der Waals surface area contributed by atoms with E-state index in [9.17, 15) is 0 Å². The predicted molar refractivity (Wildman–Crippen MR) is 56.6 cm³/mol. The van der Waals surface area contributed by atoms with E-state index in [0.29, 0.717) is 17.5 Å². The van der Waals surface area contributed by atoms with Crippen molar-refractivity contribution >= 4 is 17.3 Å². The molecule has 0 radical (unpaired) electrons. The molecule has 2 N–H and O–H groups in total. The molecule has 0 atom stereocenters. The van der Waals surface area contributed by atoms with Crippen LogP contribution in [0.25, 0.3) is 0 Å². The molecule has 0 saturated heterocycles. The molecule has 0 saturated carbocycles. The van der Waals surface area contributed by atoms with E-state index < -0.39 is 0 Å². The van der Waals surface area contributed by atoms with Crippen molar-refractivity contribution in [2.45, 2.75) is 26.3 Å². The summed E-state index contributed by atoms with van der Waals surface area (Å²) < 4.78 is 4.58. The maximum atomic E-state index is 5.03. The van der Waals surface area contributed by atoms with Crippen molar-refractivity contribution in [2.24, 2.45) is 0 Å². The molecular weight excluding hydrogens is 200 g/mol. The van der Waals surface area contributed by atoms with Crippen molar-refractivity contribution in [1.29, 1.82) is 0 Å². The third-order valence-corrected chi connectivity index (χ3v) is 1.92. The van der Waals surface area contributed by atoms with Crippen molar-refractivity contribution in [3.8, 4) is 0 Å². The van der Waals surface area contributed by atoms with Crippen molar-refractivity contribution in [2.75, 3.05) is 6.54 Å². The molecule has 1 rings (SSSR count). The van der Waals surface area contributed by atoms with Crippen LogP contribution in [-0.2, 0) is 6.54 Å². The second-order valence-electron chi connectivity index (χ2n) is 2.81. The lowest BCUT2D eigenvalue weighted by molar-refractivity contribution is 0.409. The van der Waals surface area contributed by atoms with Crippen LogP contribution < -0.4 is 10.6 Å². The number of unbranched alkanes of at least 4 members (excludes halogenated alkanes) is 1. The van der Waals surface area contributed by atoms with E-state index in [1.807, 2.05) is 0 Å². The summed E-state index contributed by atoms with van der Waals surface area (Å²) in [7, 11) is 0. The predicted octanol–water partition coefficient (Wildman–Crippen LogP) is 0.834. The minimum absolute atomic E-state index is 0.495. The van der Waals surface area contributed by atoms with Gasteiger partial charge in [0, 0.05) is 6.54 Å². The van der Waals surface area contributed by atoms with Gasteiger partial charge in [-0.3, -0.25) is 0 Å². The first-order valence-corrected chi connectivity index (χ1v) is 5.00. The first-order valence-electron chi connectivity index (χ1n) is 4.60. The number of thiocarbonyl (C=S) groups is 1. The summed E-state index contributed by atoms with van der Waals surface area (Å²) in [5.41, 5.74) is 0. The first-order chi connectivity index (χ1) is 6.83. The molecule has 0 aromatic carbocycles. The number of aromatic nitrogens is 2. The summed E-state index contributed by atoms with van der Waals surface area (Å²) in [6.45, 7) is 3.53. The third kappa shape index (κ3) is 4.18. The van der Waals surface area contributed by atoms with Gasteiger partial charge in [-0.05, 0) is 18.6 Å². The van der Waals surface area contributed by atoms with Gasteiger partial charge in [0.2, 0.25) is 6.39 Å². The summed E-state index contributed by atoms with van der Waals surface area (Å²) in [5, 5.41) is 10.3. The van der Waals surface area contributed by atoms with Crippen LogP contribution in [0.4, 0.5) is 0 Å². The van der Waals surface area contributed by atoms with Crippen LogP contribution in [0.3, 0.4) is 0 Å². The Balaban J connectivity index is 2.09. The molecular formula is C8H14N4OS. The van der Waals surface area contributed by atoms with Crippen molar-refractivity contribution in [3.05, 3.63) is 12.2 Å². The molecule has 0 amide bonds. The lowest BCUT2D eigenvalue weighted by atomic mass is 10.3. The molecule has 0 fully saturated rings. The highest BCUT2D eigenvalue weighted by atomic mass is 32.1. The SMILES string of the molecule is CCCCNC(=S)NCc1ncon1. The van der Waals surface area contributed by atoms with Gasteiger partial charge in [-0.1, -0.05) is 18.5 Å². The second-order valence-corrected chi connectivity index (χ2v) is 3.22. The Morgan fingerprint density at radius 2 is 2.43 bits per heavy atom. The van der Waals surface area contributed by atoms with Crippen LogP contribution in [0.5, 0.6) is 0 Å². The highest BCUT2D eigenvalue weighted by Crippen LogP contribution is 1.87. The van der Waals surface area contributed by atoms with Gasteiger partial charge in [0.15, 0.2) is 10.9 Å². The molecule has 1 aromatic heterocycles. The molecule has 0 aliphatic rings. The molecule has 14 heavy (non-hydrogen) atoms. The van der Waals surface area contributed by atoms with E-state index in [1.165, 1.54) is 6.39 Å². The highest BCUT2D eigenvalue weighted by Gasteiger charge is 1.98. The van der Waals surface area contributed by atoms with Crippen molar-refractivity contribution in [1.82, 2.24) is 20.8 Å². The summed E-state index contributed by atoms with van der Waals surface area (Å²) in [6, 6.07) is 0. The summed E-state index contributed by atoms with van der Waals surface area (Å²) in [5.74, 6) is 0.602. The molecule has 0 aliphatic carbocycles. The van der Waals surface area contributed by atoms with E-state index in [2.05, 4.69) is 32.2 Å². The number of nitrogens with zero attached hydrogens (tertiary/aromatic N) is 2. The Labute approximate surface area is 88.3 Å². The maximum absolute atomic E-state index is 5.03. The summed E-state index contributed by atoms with van der Waals surface area (Å²) in [6.07, 6.45) is 3.56. The Bertz CT molecular complexity index is 262. The van der Waals surface area contributed by atoms with Gasteiger partial charge in [-0.2, -0.15) is 4.98 Å². The molecule has 0 aliphatic heterocycles. The molecule has 1 heterocycles.